The van der Waals surface area contributed by atoms with Gasteiger partial charge in [0, 0.05) is 17.9 Å². The summed E-state index contributed by atoms with van der Waals surface area (Å²) in [5.74, 6) is 0. The van der Waals surface area contributed by atoms with E-state index in [2.05, 4.69) is 54.5 Å². The molecule has 2 nitrogen and oxygen atoms in total. The van der Waals surface area contributed by atoms with Crippen molar-refractivity contribution in [2.45, 2.75) is 32.2 Å². The number of nitrogens with zero attached hydrogens (tertiary/aromatic N) is 1. The van der Waals surface area contributed by atoms with Gasteiger partial charge in [0.25, 0.3) is 0 Å². The second-order valence-electron chi connectivity index (χ2n) is 4.78. The second-order valence-corrected chi connectivity index (χ2v) is 4.78. The van der Waals surface area contributed by atoms with Crippen LogP contribution in [0, 0.1) is 0 Å². The summed E-state index contributed by atoms with van der Waals surface area (Å²) in [6, 6.07) is 4.11. The molecule has 2 rings (SSSR count). The zero-order chi connectivity index (χ0) is 12.1. The standard InChI is InChI=1S/C15H20N2/c1-3-10-17-15(2)8-4-13(5-9-15)14-6-11-16-12-7-14/h4-8,11-12,17H,3,9-10H2,1-2H3. The minimum absolute atomic E-state index is 0.118. The predicted octanol–water partition coefficient (Wildman–Crippen LogP) is 3.18. The van der Waals surface area contributed by atoms with Gasteiger partial charge in [-0.1, -0.05) is 25.2 Å². The lowest BCUT2D eigenvalue weighted by molar-refractivity contribution is 0.439. The molecule has 1 heterocycles. The Morgan fingerprint density at radius 1 is 1.35 bits per heavy atom. The highest BCUT2D eigenvalue weighted by Crippen LogP contribution is 2.26. The fraction of sp³-hybridized carbons (Fsp3) is 0.400. The van der Waals surface area contributed by atoms with Crippen LogP contribution in [0.4, 0.5) is 0 Å². The smallest absolute Gasteiger partial charge is 0.0374 e. The van der Waals surface area contributed by atoms with Gasteiger partial charge in [-0.15, -0.1) is 0 Å². The number of allylic oxidation sites excluding steroid dienone is 2. The first kappa shape index (κ1) is 12.1. The second kappa shape index (κ2) is 5.28. The molecule has 0 aliphatic heterocycles. The molecule has 17 heavy (non-hydrogen) atoms. The van der Waals surface area contributed by atoms with Crippen LogP contribution in [0.25, 0.3) is 5.57 Å². The molecule has 90 valence electrons. The summed E-state index contributed by atoms with van der Waals surface area (Å²) in [6.07, 6.45) is 12.7. The summed E-state index contributed by atoms with van der Waals surface area (Å²) < 4.78 is 0. The zero-order valence-electron chi connectivity index (χ0n) is 10.6. The first-order valence-corrected chi connectivity index (χ1v) is 6.28. The largest absolute Gasteiger partial charge is 0.308 e. The quantitative estimate of drug-likeness (QED) is 0.856. The first-order valence-electron chi connectivity index (χ1n) is 6.28. The molecule has 1 aromatic heterocycles. The molecule has 0 fully saturated rings. The summed E-state index contributed by atoms with van der Waals surface area (Å²) in [6.45, 7) is 5.51. The van der Waals surface area contributed by atoms with E-state index in [-0.39, 0.29) is 5.54 Å². The Balaban J connectivity index is 2.06. The van der Waals surface area contributed by atoms with Gasteiger partial charge in [-0.05, 0) is 49.6 Å². The Morgan fingerprint density at radius 2 is 2.12 bits per heavy atom. The van der Waals surface area contributed by atoms with Gasteiger partial charge in [-0.2, -0.15) is 0 Å². The van der Waals surface area contributed by atoms with Crippen molar-refractivity contribution in [2.24, 2.45) is 0 Å². The topological polar surface area (TPSA) is 24.9 Å². The van der Waals surface area contributed by atoms with E-state index in [1.165, 1.54) is 17.6 Å². The summed E-state index contributed by atoms with van der Waals surface area (Å²) in [7, 11) is 0. The monoisotopic (exact) mass is 228 g/mol. The zero-order valence-corrected chi connectivity index (χ0v) is 10.6. The van der Waals surface area contributed by atoms with E-state index in [1.807, 2.05) is 12.4 Å². The normalized spacial score (nSPS) is 23.5. The molecule has 1 atom stereocenters. The van der Waals surface area contributed by atoms with Crippen molar-refractivity contribution in [1.29, 1.82) is 0 Å². The van der Waals surface area contributed by atoms with Gasteiger partial charge in [0.05, 0.1) is 0 Å². The van der Waals surface area contributed by atoms with Crippen LogP contribution in [0.15, 0.2) is 42.8 Å². The van der Waals surface area contributed by atoms with E-state index >= 15 is 0 Å². The van der Waals surface area contributed by atoms with Gasteiger partial charge >= 0.3 is 0 Å². The fourth-order valence-corrected chi connectivity index (χ4v) is 2.03. The van der Waals surface area contributed by atoms with Crippen LogP contribution < -0.4 is 5.32 Å². The molecule has 2 heteroatoms. The van der Waals surface area contributed by atoms with E-state index in [0.29, 0.717) is 0 Å². The van der Waals surface area contributed by atoms with E-state index in [1.54, 1.807) is 0 Å². The van der Waals surface area contributed by atoms with Gasteiger partial charge in [0.1, 0.15) is 0 Å². The number of pyridine rings is 1. The molecule has 1 aliphatic carbocycles. The van der Waals surface area contributed by atoms with E-state index in [0.717, 1.165) is 13.0 Å². The van der Waals surface area contributed by atoms with E-state index in [9.17, 15) is 0 Å². The fourth-order valence-electron chi connectivity index (χ4n) is 2.03. The number of aromatic nitrogens is 1. The first-order chi connectivity index (χ1) is 8.23. The lowest BCUT2D eigenvalue weighted by Crippen LogP contribution is -2.41. The third-order valence-corrected chi connectivity index (χ3v) is 3.17. The van der Waals surface area contributed by atoms with Crippen molar-refractivity contribution in [1.82, 2.24) is 10.3 Å². The maximum absolute atomic E-state index is 4.05. The molecular formula is C15H20N2. The Morgan fingerprint density at radius 3 is 2.71 bits per heavy atom. The van der Waals surface area contributed by atoms with Crippen LogP contribution in [0.1, 0.15) is 32.3 Å². The molecule has 0 spiro atoms. The Hall–Kier alpha value is -1.41. The van der Waals surface area contributed by atoms with E-state index in [4.69, 9.17) is 0 Å². The lowest BCUT2D eigenvalue weighted by atomic mass is 9.88. The van der Waals surface area contributed by atoms with Crippen molar-refractivity contribution < 1.29 is 0 Å². The molecule has 0 radical (unpaired) electrons. The minimum Gasteiger partial charge on any atom is -0.308 e. The molecule has 1 N–H and O–H groups in total. The van der Waals surface area contributed by atoms with Crippen LogP contribution >= 0.6 is 0 Å². The summed E-state index contributed by atoms with van der Waals surface area (Å²) >= 11 is 0. The summed E-state index contributed by atoms with van der Waals surface area (Å²) in [5.41, 5.74) is 2.66. The molecule has 0 saturated carbocycles. The van der Waals surface area contributed by atoms with Gasteiger partial charge in [0.2, 0.25) is 0 Å². The Labute approximate surface area is 103 Å². The van der Waals surface area contributed by atoms with Crippen LogP contribution in [0.2, 0.25) is 0 Å². The highest BCUT2D eigenvalue weighted by atomic mass is 14.9. The summed E-state index contributed by atoms with van der Waals surface area (Å²) in [4.78, 5) is 4.05. The highest BCUT2D eigenvalue weighted by molar-refractivity contribution is 5.75. The summed E-state index contributed by atoms with van der Waals surface area (Å²) in [5, 5.41) is 3.58. The third-order valence-electron chi connectivity index (χ3n) is 3.17. The lowest BCUT2D eigenvalue weighted by Gasteiger charge is -2.29. The van der Waals surface area contributed by atoms with Crippen molar-refractivity contribution in [3.05, 3.63) is 48.3 Å². The molecule has 1 unspecified atom stereocenters. The molecule has 0 saturated heterocycles. The maximum atomic E-state index is 4.05. The molecule has 1 aliphatic rings. The average Bonchev–Trinajstić information content (AvgIpc) is 2.38. The Bertz CT molecular complexity index is 420. The van der Waals surface area contributed by atoms with E-state index < -0.39 is 0 Å². The molecule has 0 bridgehead atoms. The van der Waals surface area contributed by atoms with Gasteiger partial charge in [-0.25, -0.2) is 0 Å². The van der Waals surface area contributed by atoms with Crippen molar-refractivity contribution >= 4 is 5.57 Å². The minimum atomic E-state index is 0.118. The van der Waals surface area contributed by atoms with Gasteiger partial charge in [0.15, 0.2) is 0 Å². The number of nitrogens with one attached hydrogen (secondary N) is 1. The van der Waals surface area contributed by atoms with Crippen LogP contribution in [0.3, 0.4) is 0 Å². The molecule has 1 aromatic rings. The predicted molar refractivity (Wildman–Crippen MR) is 72.7 cm³/mol. The molecular weight excluding hydrogens is 208 g/mol. The van der Waals surface area contributed by atoms with Crippen molar-refractivity contribution in [3.8, 4) is 0 Å². The van der Waals surface area contributed by atoms with Crippen molar-refractivity contribution in [2.75, 3.05) is 6.54 Å². The van der Waals surface area contributed by atoms with Crippen molar-refractivity contribution in [3.63, 3.8) is 0 Å². The highest BCUT2D eigenvalue weighted by Gasteiger charge is 2.21. The van der Waals surface area contributed by atoms with Crippen LogP contribution in [0.5, 0.6) is 0 Å². The van der Waals surface area contributed by atoms with Crippen LogP contribution in [-0.4, -0.2) is 17.1 Å². The SMILES string of the molecule is CCCNC1(C)C=CC(c2ccncc2)=CC1. The average molecular weight is 228 g/mol. The van der Waals surface area contributed by atoms with Crippen LogP contribution in [-0.2, 0) is 0 Å². The number of hydrogen-bond donors (Lipinski definition) is 1. The third kappa shape index (κ3) is 3.04. The van der Waals surface area contributed by atoms with Gasteiger partial charge in [-0.3, -0.25) is 4.98 Å². The number of hydrogen-bond acceptors (Lipinski definition) is 2. The molecule has 0 amide bonds. The Kier molecular flexibility index (Phi) is 3.75. The maximum Gasteiger partial charge on any atom is 0.0374 e. The van der Waals surface area contributed by atoms with Gasteiger partial charge < -0.3 is 5.32 Å². The molecule has 0 aromatic carbocycles. The number of rotatable bonds is 4.